The molecule has 2 N–H and O–H groups in total. The van der Waals surface area contributed by atoms with Gasteiger partial charge in [-0.2, -0.15) is 0 Å². The van der Waals surface area contributed by atoms with Crippen molar-refractivity contribution in [2.24, 2.45) is 17.8 Å². The summed E-state index contributed by atoms with van der Waals surface area (Å²) in [5.74, 6) is 1.84. The third-order valence-electron chi connectivity index (χ3n) is 6.59. The molecule has 4 nitrogen and oxygen atoms in total. The molecule has 5 atom stereocenters. The zero-order valence-corrected chi connectivity index (χ0v) is 15.8. The summed E-state index contributed by atoms with van der Waals surface area (Å²) in [5, 5.41) is 6.58. The standard InChI is InChI=1S/C21H29FN2O2/c1-20(2,24-16-5-4-6-17(9-16)26-3)19(25)23-18-14-7-13-8-15(18)12-21(22,10-13)11-14/h4-6,9,13-15,18,24H,7-8,10-12H2,1-3H3,(H,23,25)/t13?,14-,15+,18?,21?. The van der Waals surface area contributed by atoms with E-state index in [1.54, 1.807) is 7.11 Å². The van der Waals surface area contributed by atoms with Crippen LogP contribution in [0.1, 0.15) is 46.0 Å². The number of halogens is 1. The third-order valence-corrected chi connectivity index (χ3v) is 6.59. The minimum atomic E-state index is -0.966. The van der Waals surface area contributed by atoms with E-state index in [1.807, 2.05) is 38.1 Å². The average Bonchev–Trinajstić information content (AvgIpc) is 2.56. The lowest BCUT2D eigenvalue weighted by Gasteiger charge is -2.57. The molecule has 0 aromatic heterocycles. The summed E-state index contributed by atoms with van der Waals surface area (Å²) < 4.78 is 20.1. The van der Waals surface area contributed by atoms with Gasteiger partial charge in [-0.25, -0.2) is 4.39 Å². The topological polar surface area (TPSA) is 50.4 Å². The molecule has 26 heavy (non-hydrogen) atoms. The van der Waals surface area contributed by atoms with Crippen molar-refractivity contribution in [2.45, 2.75) is 63.2 Å². The van der Waals surface area contributed by atoms with Gasteiger partial charge in [-0.3, -0.25) is 4.79 Å². The molecule has 1 amide bonds. The quantitative estimate of drug-likeness (QED) is 0.837. The molecule has 3 unspecified atom stereocenters. The molecular formula is C21H29FN2O2. The molecule has 0 heterocycles. The van der Waals surface area contributed by atoms with Gasteiger partial charge >= 0.3 is 0 Å². The van der Waals surface area contributed by atoms with Crippen LogP contribution in [0.4, 0.5) is 10.1 Å². The minimum absolute atomic E-state index is 0.0225. The first-order chi connectivity index (χ1) is 12.3. The van der Waals surface area contributed by atoms with Gasteiger partial charge in [0.25, 0.3) is 0 Å². The number of carbonyl (C=O) groups is 1. The van der Waals surface area contributed by atoms with Crippen molar-refractivity contribution in [3.05, 3.63) is 24.3 Å². The van der Waals surface area contributed by atoms with E-state index in [0.717, 1.165) is 30.7 Å². The molecule has 0 saturated heterocycles. The second-order valence-corrected chi connectivity index (χ2v) is 9.10. The molecule has 5 heteroatoms. The van der Waals surface area contributed by atoms with E-state index in [9.17, 15) is 9.18 Å². The molecule has 1 aromatic carbocycles. The van der Waals surface area contributed by atoms with Gasteiger partial charge in [0, 0.05) is 17.8 Å². The number of hydrogen-bond donors (Lipinski definition) is 2. The summed E-state index contributed by atoms with van der Waals surface area (Å²) in [4.78, 5) is 13.0. The van der Waals surface area contributed by atoms with E-state index in [0.29, 0.717) is 30.6 Å². The largest absolute Gasteiger partial charge is 0.497 e. The van der Waals surface area contributed by atoms with Crippen LogP contribution >= 0.6 is 0 Å². The van der Waals surface area contributed by atoms with Crippen LogP contribution in [0.25, 0.3) is 0 Å². The summed E-state index contributed by atoms with van der Waals surface area (Å²) in [6.45, 7) is 3.77. The molecule has 142 valence electrons. The molecule has 4 aliphatic rings. The number of nitrogens with one attached hydrogen (secondary N) is 2. The second kappa shape index (κ2) is 6.14. The predicted molar refractivity (Wildman–Crippen MR) is 100 cm³/mol. The summed E-state index contributed by atoms with van der Waals surface area (Å²) in [6.07, 6.45) is 4.11. The van der Waals surface area contributed by atoms with E-state index in [-0.39, 0.29) is 11.9 Å². The number of ether oxygens (including phenoxy) is 1. The van der Waals surface area contributed by atoms with Crippen molar-refractivity contribution in [3.63, 3.8) is 0 Å². The van der Waals surface area contributed by atoms with Crippen molar-refractivity contribution in [1.29, 1.82) is 0 Å². The fraction of sp³-hybridized carbons (Fsp3) is 0.667. The Balaban J connectivity index is 1.44. The zero-order valence-electron chi connectivity index (χ0n) is 15.8. The Bertz CT molecular complexity index is 689. The highest BCUT2D eigenvalue weighted by Crippen LogP contribution is 2.57. The first kappa shape index (κ1) is 17.6. The maximum absolute atomic E-state index is 14.9. The summed E-state index contributed by atoms with van der Waals surface area (Å²) in [6, 6.07) is 7.69. The molecule has 5 rings (SSSR count). The van der Waals surface area contributed by atoms with Gasteiger partial charge < -0.3 is 15.4 Å². The van der Waals surface area contributed by atoms with Gasteiger partial charge in [0.2, 0.25) is 5.91 Å². The molecule has 0 radical (unpaired) electrons. The predicted octanol–water partition coefficient (Wildman–Crippen LogP) is 3.92. The lowest BCUT2D eigenvalue weighted by molar-refractivity contribution is -0.133. The van der Waals surface area contributed by atoms with Crippen molar-refractivity contribution >= 4 is 11.6 Å². The van der Waals surface area contributed by atoms with Crippen LogP contribution in [0.5, 0.6) is 5.75 Å². The Hall–Kier alpha value is -1.78. The van der Waals surface area contributed by atoms with E-state index < -0.39 is 11.2 Å². The van der Waals surface area contributed by atoms with E-state index in [2.05, 4.69) is 10.6 Å². The Morgan fingerprint density at radius 3 is 2.54 bits per heavy atom. The van der Waals surface area contributed by atoms with Gasteiger partial charge in [0.15, 0.2) is 0 Å². The number of rotatable bonds is 5. The molecule has 0 spiro atoms. The third kappa shape index (κ3) is 3.17. The minimum Gasteiger partial charge on any atom is -0.497 e. The normalized spacial score (nSPS) is 35.2. The molecule has 0 aliphatic heterocycles. The maximum atomic E-state index is 14.9. The van der Waals surface area contributed by atoms with Crippen LogP contribution in [-0.4, -0.2) is 30.3 Å². The smallest absolute Gasteiger partial charge is 0.245 e. The molecular weight excluding hydrogens is 331 g/mol. The summed E-state index contributed by atoms with van der Waals surface area (Å²) in [5.41, 5.74) is -0.877. The van der Waals surface area contributed by atoms with Crippen LogP contribution in [0, 0.1) is 17.8 Å². The SMILES string of the molecule is COc1cccc(NC(C)(C)C(=O)NC2[C@@H]3CC4C[C@H]2CC(F)(C4)C3)c1. The van der Waals surface area contributed by atoms with Crippen molar-refractivity contribution in [2.75, 3.05) is 12.4 Å². The van der Waals surface area contributed by atoms with Crippen LogP contribution < -0.4 is 15.4 Å². The van der Waals surface area contributed by atoms with Gasteiger partial charge in [-0.1, -0.05) is 6.07 Å². The van der Waals surface area contributed by atoms with E-state index in [1.165, 1.54) is 0 Å². The van der Waals surface area contributed by atoms with Gasteiger partial charge in [-0.15, -0.1) is 0 Å². The fourth-order valence-corrected chi connectivity index (χ4v) is 5.61. The van der Waals surface area contributed by atoms with Gasteiger partial charge in [-0.05, 0) is 75.8 Å². The Morgan fingerprint density at radius 2 is 1.92 bits per heavy atom. The van der Waals surface area contributed by atoms with Crippen LogP contribution in [-0.2, 0) is 4.79 Å². The monoisotopic (exact) mass is 360 g/mol. The first-order valence-corrected chi connectivity index (χ1v) is 9.70. The van der Waals surface area contributed by atoms with Gasteiger partial charge in [0.1, 0.15) is 17.0 Å². The number of amides is 1. The molecule has 4 fully saturated rings. The number of carbonyl (C=O) groups excluding carboxylic acids is 1. The fourth-order valence-electron chi connectivity index (χ4n) is 5.61. The number of benzene rings is 1. The second-order valence-electron chi connectivity index (χ2n) is 9.10. The number of hydrogen-bond acceptors (Lipinski definition) is 3. The summed E-state index contributed by atoms with van der Waals surface area (Å²) in [7, 11) is 1.63. The number of alkyl halides is 1. The number of methoxy groups -OCH3 is 1. The highest BCUT2D eigenvalue weighted by molar-refractivity contribution is 5.88. The first-order valence-electron chi connectivity index (χ1n) is 9.70. The van der Waals surface area contributed by atoms with Crippen molar-refractivity contribution < 1.29 is 13.9 Å². The van der Waals surface area contributed by atoms with E-state index in [4.69, 9.17) is 4.74 Å². The lowest BCUT2D eigenvalue weighted by Crippen LogP contribution is -2.63. The molecule has 4 aliphatic carbocycles. The highest BCUT2D eigenvalue weighted by Gasteiger charge is 2.56. The number of anilines is 1. The highest BCUT2D eigenvalue weighted by atomic mass is 19.1. The average molecular weight is 360 g/mol. The van der Waals surface area contributed by atoms with Crippen LogP contribution in [0.3, 0.4) is 0 Å². The Labute approximate surface area is 154 Å². The van der Waals surface area contributed by atoms with Crippen molar-refractivity contribution in [3.8, 4) is 5.75 Å². The van der Waals surface area contributed by atoms with Crippen LogP contribution in [0.15, 0.2) is 24.3 Å². The zero-order chi connectivity index (χ0) is 18.5. The van der Waals surface area contributed by atoms with E-state index >= 15 is 0 Å². The maximum Gasteiger partial charge on any atom is 0.245 e. The Kier molecular flexibility index (Phi) is 4.16. The van der Waals surface area contributed by atoms with Gasteiger partial charge in [0.05, 0.1) is 7.11 Å². The lowest BCUT2D eigenvalue weighted by atomic mass is 9.53. The summed E-state index contributed by atoms with van der Waals surface area (Å²) >= 11 is 0. The Morgan fingerprint density at radius 1 is 1.23 bits per heavy atom. The molecule has 4 bridgehead atoms. The van der Waals surface area contributed by atoms with Crippen molar-refractivity contribution in [1.82, 2.24) is 5.32 Å². The van der Waals surface area contributed by atoms with Crippen LogP contribution in [0.2, 0.25) is 0 Å². The molecule has 1 aromatic rings. The molecule has 4 saturated carbocycles.